The summed E-state index contributed by atoms with van der Waals surface area (Å²) < 4.78 is 0. The average molecular weight is 403 g/mol. The third-order valence-corrected chi connectivity index (χ3v) is 6.08. The topological polar surface area (TPSA) is 84.6 Å². The maximum Gasteiger partial charge on any atom is 0.253 e. The summed E-state index contributed by atoms with van der Waals surface area (Å²) in [4.78, 5) is 27.7. The zero-order chi connectivity index (χ0) is 21.4. The van der Waals surface area contributed by atoms with E-state index in [1.807, 2.05) is 48.5 Å². The van der Waals surface area contributed by atoms with Crippen LogP contribution in [0.5, 0.6) is 0 Å². The number of rotatable bonds is 5. The van der Waals surface area contributed by atoms with Gasteiger partial charge in [-0.25, -0.2) is 0 Å². The molecular weight excluding hydrogens is 378 g/mol. The maximum absolute atomic E-state index is 12.5. The van der Waals surface area contributed by atoms with Crippen LogP contribution >= 0.6 is 0 Å². The van der Waals surface area contributed by atoms with Crippen molar-refractivity contribution in [3.8, 4) is 17.2 Å². The molecule has 154 valence electrons. The van der Waals surface area contributed by atoms with E-state index >= 15 is 0 Å². The number of benzene rings is 2. The average Bonchev–Trinajstić information content (AvgIpc) is 3.59. The molecule has 2 aromatic rings. The number of aliphatic hydroxyl groups is 1. The second-order valence-electron chi connectivity index (χ2n) is 8.27. The summed E-state index contributed by atoms with van der Waals surface area (Å²) in [5.74, 6) is -0.192. The van der Waals surface area contributed by atoms with Gasteiger partial charge >= 0.3 is 0 Å². The zero-order valence-corrected chi connectivity index (χ0v) is 17.2. The normalized spacial score (nSPS) is 22.7. The third kappa shape index (κ3) is 3.46. The standard InChI is InChI=1S/C24H25N3O3/c1-26(2)23(29)18-9-5-16(6-10-18)15-3-7-17(8-4-15)22-20(13-25)27(21(22)14-28)24(30)19-11-12-19/h3-10,19-22,28H,11-12,14H2,1-2H3/t20-,21-,22-/m0/s1. The molecule has 0 spiro atoms. The Morgan fingerprint density at radius 1 is 1.07 bits per heavy atom. The van der Waals surface area contributed by atoms with Crippen molar-refractivity contribution in [2.45, 2.75) is 30.8 Å². The van der Waals surface area contributed by atoms with Crippen LogP contribution in [-0.4, -0.2) is 59.5 Å². The van der Waals surface area contributed by atoms with E-state index in [4.69, 9.17) is 0 Å². The first-order valence-corrected chi connectivity index (χ1v) is 10.2. The van der Waals surface area contributed by atoms with Crippen LogP contribution < -0.4 is 0 Å². The number of nitriles is 1. The lowest BCUT2D eigenvalue weighted by Gasteiger charge is -2.51. The molecule has 2 amide bonds. The van der Waals surface area contributed by atoms with Gasteiger partial charge in [-0.15, -0.1) is 0 Å². The molecule has 3 atom stereocenters. The fourth-order valence-corrected chi connectivity index (χ4v) is 4.21. The minimum absolute atomic E-state index is 0.000770. The van der Waals surface area contributed by atoms with Crippen LogP contribution in [0.25, 0.3) is 11.1 Å². The number of nitrogens with zero attached hydrogens (tertiary/aromatic N) is 3. The van der Waals surface area contributed by atoms with Gasteiger partial charge in [-0.2, -0.15) is 5.26 Å². The molecule has 2 aromatic carbocycles. The Hall–Kier alpha value is -3.17. The number of carbonyl (C=O) groups excluding carboxylic acids is 2. The van der Waals surface area contributed by atoms with E-state index in [-0.39, 0.29) is 36.3 Å². The summed E-state index contributed by atoms with van der Waals surface area (Å²) in [6.07, 6.45) is 1.76. The molecule has 4 rings (SSSR count). The molecule has 0 bridgehead atoms. The van der Waals surface area contributed by atoms with Crippen molar-refractivity contribution >= 4 is 11.8 Å². The Labute approximate surface area is 176 Å². The van der Waals surface area contributed by atoms with E-state index in [0.29, 0.717) is 5.56 Å². The summed E-state index contributed by atoms with van der Waals surface area (Å²) >= 11 is 0. The van der Waals surface area contributed by atoms with Crippen molar-refractivity contribution in [3.05, 3.63) is 59.7 Å². The predicted molar refractivity (Wildman–Crippen MR) is 112 cm³/mol. The monoisotopic (exact) mass is 403 g/mol. The highest BCUT2D eigenvalue weighted by Gasteiger charge is 2.53. The summed E-state index contributed by atoms with van der Waals surface area (Å²) in [7, 11) is 3.45. The van der Waals surface area contributed by atoms with Crippen LogP contribution in [0, 0.1) is 17.2 Å². The molecule has 6 heteroatoms. The summed E-state index contributed by atoms with van der Waals surface area (Å²) in [6.45, 7) is -0.148. The number of hydrogen-bond donors (Lipinski definition) is 1. The Balaban J connectivity index is 1.52. The van der Waals surface area contributed by atoms with Crippen LogP contribution in [0.3, 0.4) is 0 Å². The Morgan fingerprint density at radius 2 is 1.63 bits per heavy atom. The van der Waals surface area contributed by atoms with Crippen LogP contribution in [0.1, 0.15) is 34.7 Å². The summed E-state index contributed by atoms with van der Waals surface area (Å²) in [5, 5.41) is 19.5. The molecule has 1 saturated carbocycles. The van der Waals surface area contributed by atoms with Gasteiger partial charge in [0, 0.05) is 31.5 Å². The first-order valence-electron chi connectivity index (χ1n) is 10.2. The van der Waals surface area contributed by atoms with Crippen molar-refractivity contribution in [3.63, 3.8) is 0 Å². The van der Waals surface area contributed by atoms with Crippen molar-refractivity contribution in [1.82, 2.24) is 9.80 Å². The van der Waals surface area contributed by atoms with Gasteiger partial charge in [0.15, 0.2) is 0 Å². The van der Waals surface area contributed by atoms with Crippen LogP contribution in [0.4, 0.5) is 0 Å². The lowest BCUT2D eigenvalue weighted by molar-refractivity contribution is -0.148. The highest BCUT2D eigenvalue weighted by Crippen LogP contribution is 2.44. The van der Waals surface area contributed by atoms with Crippen molar-refractivity contribution in [2.24, 2.45) is 5.92 Å². The van der Waals surface area contributed by atoms with Crippen LogP contribution in [0.2, 0.25) is 0 Å². The molecule has 1 heterocycles. The van der Waals surface area contributed by atoms with Gasteiger partial charge in [0.25, 0.3) is 5.91 Å². The molecule has 2 aliphatic rings. The van der Waals surface area contributed by atoms with Gasteiger partial charge in [-0.3, -0.25) is 9.59 Å². The lowest BCUT2D eigenvalue weighted by Crippen LogP contribution is -2.65. The fourth-order valence-electron chi connectivity index (χ4n) is 4.21. The molecule has 1 aliphatic heterocycles. The number of hydrogen-bond acceptors (Lipinski definition) is 4. The Bertz CT molecular complexity index is 988. The van der Waals surface area contributed by atoms with Gasteiger partial charge in [-0.1, -0.05) is 36.4 Å². The number of carbonyl (C=O) groups is 2. The zero-order valence-electron chi connectivity index (χ0n) is 17.2. The van der Waals surface area contributed by atoms with Gasteiger partial charge in [0.2, 0.25) is 5.91 Å². The molecule has 2 fully saturated rings. The SMILES string of the molecule is CN(C)C(=O)c1ccc(-c2ccc([C@H]3[C@H](C#N)N(C(=O)C4CC4)[C@H]3CO)cc2)cc1. The second-order valence-corrected chi connectivity index (χ2v) is 8.27. The smallest absolute Gasteiger partial charge is 0.253 e. The highest BCUT2D eigenvalue weighted by molar-refractivity contribution is 5.94. The van der Waals surface area contributed by atoms with Gasteiger partial charge in [0.1, 0.15) is 6.04 Å². The van der Waals surface area contributed by atoms with E-state index in [1.165, 1.54) is 0 Å². The number of likely N-dealkylation sites (tertiary alicyclic amines) is 1. The summed E-state index contributed by atoms with van der Waals surface area (Å²) in [5.41, 5.74) is 3.58. The Kier molecular flexibility index (Phi) is 5.31. The molecule has 1 aliphatic carbocycles. The Morgan fingerprint density at radius 3 is 2.10 bits per heavy atom. The molecule has 0 unspecified atom stereocenters. The summed E-state index contributed by atoms with van der Waals surface area (Å²) in [6, 6.07) is 16.7. The molecule has 0 radical (unpaired) electrons. The van der Waals surface area contributed by atoms with E-state index in [0.717, 1.165) is 29.5 Å². The molecular formula is C24H25N3O3. The van der Waals surface area contributed by atoms with E-state index in [2.05, 4.69) is 6.07 Å². The molecule has 1 saturated heterocycles. The minimum Gasteiger partial charge on any atom is -0.394 e. The fraction of sp³-hybridized carbons (Fsp3) is 0.375. The van der Waals surface area contributed by atoms with Gasteiger partial charge < -0.3 is 14.9 Å². The largest absolute Gasteiger partial charge is 0.394 e. The van der Waals surface area contributed by atoms with E-state index < -0.39 is 6.04 Å². The third-order valence-electron chi connectivity index (χ3n) is 6.08. The predicted octanol–water partition coefficient (Wildman–Crippen LogP) is 2.64. The molecule has 30 heavy (non-hydrogen) atoms. The number of amides is 2. The van der Waals surface area contributed by atoms with Crippen molar-refractivity contribution in [2.75, 3.05) is 20.7 Å². The molecule has 1 N–H and O–H groups in total. The van der Waals surface area contributed by atoms with Crippen molar-refractivity contribution < 1.29 is 14.7 Å². The van der Waals surface area contributed by atoms with Gasteiger partial charge in [0.05, 0.1) is 18.7 Å². The quantitative estimate of drug-likeness (QED) is 0.832. The molecule has 0 aromatic heterocycles. The first-order chi connectivity index (χ1) is 14.5. The molecule has 6 nitrogen and oxygen atoms in total. The maximum atomic E-state index is 12.5. The van der Waals surface area contributed by atoms with Crippen molar-refractivity contribution in [1.29, 1.82) is 5.26 Å². The lowest BCUT2D eigenvalue weighted by atomic mass is 9.75. The number of aliphatic hydroxyl groups excluding tert-OH is 1. The first kappa shape index (κ1) is 20.1. The highest BCUT2D eigenvalue weighted by atomic mass is 16.3. The minimum atomic E-state index is -0.530. The van der Waals surface area contributed by atoms with Crippen LogP contribution in [0.15, 0.2) is 48.5 Å². The van der Waals surface area contributed by atoms with E-state index in [1.54, 1.807) is 23.9 Å². The second kappa shape index (κ2) is 7.92. The van der Waals surface area contributed by atoms with Gasteiger partial charge in [-0.05, 0) is 41.7 Å². The van der Waals surface area contributed by atoms with E-state index in [9.17, 15) is 20.0 Å². The van der Waals surface area contributed by atoms with Crippen LogP contribution in [-0.2, 0) is 4.79 Å².